The molecule has 1 heterocycles. The highest BCUT2D eigenvalue weighted by atomic mass is 16.1. The number of H-pyrrole nitrogens is 1. The number of benzene rings is 3. The second-order valence-electron chi connectivity index (χ2n) is 6.32. The number of hydrogen-bond acceptors (Lipinski definition) is 3. The Morgan fingerprint density at radius 1 is 0.731 bits per heavy atom. The van der Waals surface area contributed by atoms with Gasteiger partial charge in [-0.05, 0) is 35.4 Å². The normalized spacial score (nSPS) is 12.1. The zero-order chi connectivity index (χ0) is 17.7. The van der Waals surface area contributed by atoms with Crippen molar-refractivity contribution in [2.24, 2.45) is 0 Å². The Morgan fingerprint density at radius 2 is 1.46 bits per heavy atom. The van der Waals surface area contributed by atoms with Crippen LogP contribution in [-0.4, -0.2) is 10.8 Å². The number of para-hydroxylation sites is 1. The zero-order valence-corrected chi connectivity index (χ0v) is 13.7. The van der Waals surface area contributed by atoms with E-state index in [0.717, 1.165) is 27.9 Å². The van der Waals surface area contributed by atoms with Gasteiger partial charge in [-0.15, -0.1) is 0 Å². The van der Waals surface area contributed by atoms with Crippen LogP contribution in [-0.2, 0) is 0 Å². The van der Waals surface area contributed by atoms with E-state index in [2.05, 4.69) is 10.3 Å². The minimum absolute atomic E-state index is 0.0378. The Labute approximate surface area is 149 Å². The molecule has 0 saturated carbocycles. The van der Waals surface area contributed by atoms with Gasteiger partial charge in [-0.25, -0.2) is 0 Å². The molecule has 0 bridgehead atoms. The lowest BCUT2D eigenvalue weighted by molar-refractivity contribution is 0.104. The smallest absolute Gasteiger partial charge is 0.249 e. The van der Waals surface area contributed by atoms with Gasteiger partial charge >= 0.3 is 0 Å². The lowest BCUT2D eigenvalue weighted by Gasteiger charge is -2.22. The molecule has 1 aliphatic rings. The molecule has 4 aromatic rings. The van der Waals surface area contributed by atoms with E-state index in [1.807, 2.05) is 66.7 Å². The van der Waals surface area contributed by atoms with E-state index in [-0.39, 0.29) is 11.3 Å². The molecule has 0 radical (unpaired) electrons. The van der Waals surface area contributed by atoms with Crippen LogP contribution in [0.15, 0.2) is 77.6 Å². The molecule has 4 heteroatoms. The monoisotopic (exact) mass is 338 g/mol. The minimum Gasteiger partial charge on any atom is -0.355 e. The molecule has 0 aliphatic heterocycles. The molecule has 0 atom stereocenters. The lowest BCUT2D eigenvalue weighted by atomic mass is 9.83. The topological polar surface area (TPSA) is 62.0 Å². The molecule has 4 nitrogen and oxygen atoms in total. The predicted octanol–water partition coefficient (Wildman–Crippen LogP) is 4.48. The van der Waals surface area contributed by atoms with Crippen LogP contribution in [0.4, 0.5) is 11.4 Å². The third kappa shape index (κ3) is 2.09. The second-order valence-corrected chi connectivity index (χ2v) is 6.32. The molecule has 3 aromatic carbocycles. The summed E-state index contributed by atoms with van der Waals surface area (Å²) in [7, 11) is 0. The van der Waals surface area contributed by atoms with Crippen LogP contribution < -0.4 is 10.9 Å². The molecule has 26 heavy (non-hydrogen) atoms. The van der Waals surface area contributed by atoms with E-state index < -0.39 is 0 Å². The molecule has 1 aliphatic carbocycles. The Morgan fingerprint density at radius 3 is 2.27 bits per heavy atom. The average molecular weight is 338 g/mol. The predicted molar refractivity (Wildman–Crippen MR) is 103 cm³/mol. The number of anilines is 2. The molecular weight excluding hydrogens is 324 g/mol. The maximum atomic E-state index is 13.3. The highest BCUT2D eigenvalue weighted by molar-refractivity contribution is 6.28. The zero-order valence-electron chi connectivity index (χ0n) is 13.7. The van der Waals surface area contributed by atoms with Gasteiger partial charge in [0, 0.05) is 28.2 Å². The van der Waals surface area contributed by atoms with Gasteiger partial charge < -0.3 is 10.3 Å². The van der Waals surface area contributed by atoms with E-state index in [1.165, 1.54) is 0 Å². The first-order valence-corrected chi connectivity index (χ1v) is 8.38. The van der Waals surface area contributed by atoms with E-state index in [0.29, 0.717) is 16.6 Å². The summed E-state index contributed by atoms with van der Waals surface area (Å²) in [5.74, 6) is -0.0378. The van der Waals surface area contributed by atoms with Crippen molar-refractivity contribution in [3.05, 3.63) is 94.3 Å². The second kappa shape index (κ2) is 5.43. The molecule has 124 valence electrons. The summed E-state index contributed by atoms with van der Waals surface area (Å²) < 4.78 is 0. The van der Waals surface area contributed by atoms with Gasteiger partial charge in [0.1, 0.15) is 0 Å². The van der Waals surface area contributed by atoms with E-state index in [9.17, 15) is 9.59 Å². The summed E-state index contributed by atoms with van der Waals surface area (Å²) in [5, 5.41) is 4.13. The molecule has 2 N–H and O–H groups in total. The molecule has 0 unspecified atom stereocenters. The van der Waals surface area contributed by atoms with Gasteiger partial charge in [-0.3, -0.25) is 9.59 Å². The fourth-order valence-electron chi connectivity index (χ4n) is 3.64. The molecule has 0 saturated heterocycles. The van der Waals surface area contributed by atoms with Crippen molar-refractivity contribution in [2.75, 3.05) is 5.32 Å². The standard InChI is InChI=1S/C22H14N2O2/c25-19-12-16-14-8-4-5-9-15(14)22(26)21-18(11-10-17(24-19)20(16)21)23-13-6-2-1-3-7-13/h1-12,23H,(H,24,25). The molecule has 0 spiro atoms. The van der Waals surface area contributed by atoms with Gasteiger partial charge in [0.2, 0.25) is 5.56 Å². The maximum absolute atomic E-state index is 13.3. The number of nitrogens with one attached hydrogen (secondary N) is 2. The van der Waals surface area contributed by atoms with Crippen LogP contribution in [0.2, 0.25) is 0 Å². The van der Waals surface area contributed by atoms with Crippen LogP contribution in [0.5, 0.6) is 0 Å². The number of carbonyl (C=O) groups excluding carboxylic acids is 1. The molecule has 1 aromatic heterocycles. The lowest BCUT2D eigenvalue weighted by Crippen LogP contribution is -2.16. The average Bonchev–Trinajstić information content (AvgIpc) is 2.67. The fourth-order valence-corrected chi connectivity index (χ4v) is 3.64. The molecule has 5 rings (SSSR count). The van der Waals surface area contributed by atoms with Crippen molar-refractivity contribution in [3.63, 3.8) is 0 Å². The summed E-state index contributed by atoms with van der Waals surface area (Å²) >= 11 is 0. The van der Waals surface area contributed by atoms with Gasteiger partial charge in [-0.2, -0.15) is 0 Å². The number of ketones is 1. The number of rotatable bonds is 2. The Balaban J connectivity index is 1.85. The molecule has 0 fully saturated rings. The SMILES string of the molecule is O=C1c2ccccc2-c2cc(=O)[nH]c3ccc(Nc4ccccc4)c1c23. The highest BCUT2D eigenvalue weighted by Gasteiger charge is 2.28. The number of pyridine rings is 1. The summed E-state index contributed by atoms with van der Waals surface area (Å²) in [6, 6.07) is 22.4. The molecule has 0 amide bonds. The maximum Gasteiger partial charge on any atom is 0.249 e. The third-order valence-electron chi connectivity index (χ3n) is 4.75. The summed E-state index contributed by atoms with van der Waals surface area (Å²) in [5.41, 5.74) is 4.95. The van der Waals surface area contributed by atoms with Crippen LogP contribution in [0.1, 0.15) is 15.9 Å². The van der Waals surface area contributed by atoms with Crippen molar-refractivity contribution in [3.8, 4) is 11.1 Å². The summed E-state index contributed by atoms with van der Waals surface area (Å²) in [6.45, 7) is 0. The van der Waals surface area contributed by atoms with E-state index in [1.54, 1.807) is 6.07 Å². The van der Waals surface area contributed by atoms with Crippen molar-refractivity contribution < 1.29 is 4.79 Å². The number of aromatic nitrogens is 1. The fraction of sp³-hybridized carbons (Fsp3) is 0. The summed E-state index contributed by atoms with van der Waals surface area (Å²) in [6.07, 6.45) is 0. The minimum atomic E-state index is -0.175. The number of aromatic amines is 1. The largest absolute Gasteiger partial charge is 0.355 e. The number of fused-ring (bicyclic) bond motifs is 2. The van der Waals surface area contributed by atoms with E-state index in [4.69, 9.17) is 0 Å². The Kier molecular flexibility index (Phi) is 3.06. The third-order valence-corrected chi connectivity index (χ3v) is 4.75. The first kappa shape index (κ1) is 14.7. The number of carbonyl (C=O) groups is 1. The number of hydrogen-bond donors (Lipinski definition) is 2. The molecular formula is C22H14N2O2. The first-order chi connectivity index (χ1) is 12.7. The Hall–Kier alpha value is -3.66. The van der Waals surface area contributed by atoms with Crippen LogP contribution in [0, 0.1) is 0 Å². The van der Waals surface area contributed by atoms with Gasteiger partial charge in [0.05, 0.1) is 11.3 Å². The van der Waals surface area contributed by atoms with Gasteiger partial charge in [0.25, 0.3) is 0 Å². The van der Waals surface area contributed by atoms with Crippen LogP contribution in [0.3, 0.4) is 0 Å². The van der Waals surface area contributed by atoms with Crippen LogP contribution >= 0.6 is 0 Å². The van der Waals surface area contributed by atoms with Gasteiger partial charge in [0.15, 0.2) is 5.78 Å². The van der Waals surface area contributed by atoms with Crippen molar-refractivity contribution in [1.82, 2.24) is 4.98 Å². The highest BCUT2D eigenvalue weighted by Crippen LogP contribution is 2.41. The van der Waals surface area contributed by atoms with Crippen LogP contribution in [0.25, 0.3) is 22.0 Å². The van der Waals surface area contributed by atoms with Crippen molar-refractivity contribution in [1.29, 1.82) is 0 Å². The van der Waals surface area contributed by atoms with Crippen molar-refractivity contribution in [2.45, 2.75) is 0 Å². The first-order valence-electron chi connectivity index (χ1n) is 8.38. The van der Waals surface area contributed by atoms with E-state index >= 15 is 0 Å². The van der Waals surface area contributed by atoms with Gasteiger partial charge in [-0.1, -0.05) is 42.5 Å². The summed E-state index contributed by atoms with van der Waals surface area (Å²) in [4.78, 5) is 28.2. The quantitative estimate of drug-likeness (QED) is 0.499. The van der Waals surface area contributed by atoms with Crippen molar-refractivity contribution >= 4 is 28.1 Å². The Bertz CT molecular complexity index is 1240.